The van der Waals surface area contributed by atoms with Crippen LogP contribution >= 0.6 is 0 Å². The Morgan fingerprint density at radius 1 is 1.29 bits per heavy atom. The van der Waals surface area contributed by atoms with Gasteiger partial charge in [-0.2, -0.15) is 5.26 Å². The predicted molar refractivity (Wildman–Crippen MR) is 85.8 cm³/mol. The lowest BCUT2D eigenvalue weighted by molar-refractivity contribution is 0.319. The summed E-state index contributed by atoms with van der Waals surface area (Å²) in [4.78, 5) is 0. The molecule has 0 spiro atoms. The van der Waals surface area contributed by atoms with Crippen LogP contribution in [-0.4, -0.2) is 6.61 Å². The largest absolute Gasteiger partial charge is 0.491 e. The minimum Gasteiger partial charge on any atom is -0.491 e. The number of nitrogens with one attached hydrogen (secondary N) is 1. The number of nitrogens with zero attached hydrogens (tertiary/aromatic N) is 1. The SMILES string of the molecule is CCCOc1cc(Nc2cccc(C)c2C#N)ccc1N. The molecule has 0 bridgehead atoms. The van der Waals surface area contributed by atoms with Crippen LogP contribution in [0.2, 0.25) is 0 Å². The Morgan fingerprint density at radius 3 is 2.81 bits per heavy atom. The quantitative estimate of drug-likeness (QED) is 0.813. The minimum atomic E-state index is 0.610. The molecule has 0 radical (unpaired) electrons. The lowest BCUT2D eigenvalue weighted by Gasteiger charge is -2.13. The van der Waals surface area contributed by atoms with Gasteiger partial charge in [0.25, 0.3) is 0 Å². The number of rotatable bonds is 5. The molecule has 4 heteroatoms. The van der Waals surface area contributed by atoms with Crippen LogP contribution in [0.3, 0.4) is 0 Å². The molecule has 21 heavy (non-hydrogen) atoms. The fourth-order valence-corrected chi connectivity index (χ4v) is 2.02. The van der Waals surface area contributed by atoms with Crippen molar-refractivity contribution in [1.82, 2.24) is 0 Å². The second-order valence-electron chi connectivity index (χ2n) is 4.84. The highest BCUT2D eigenvalue weighted by Gasteiger charge is 2.07. The van der Waals surface area contributed by atoms with Gasteiger partial charge in [-0.05, 0) is 37.1 Å². The zero-order chi connectivity index (χ0) is 15.2. The first-order valence-corrected chi connectivity index (χ1v) is 6.94. The average Bonchev–Trinajstić information content (AvgIpc) is 2.48. The van der Waals surface area contributed by atoms with E-state index in [0.717, 1.165) is 23.4 Å². The first-order valence-electron chi connectivity index (χ1n) is 6.94. The summed E-state index contributed by atoms with van der Waals surface area (Å²) in [5, 5.41) is 12.5. The van der Waals surface area contributed by atoms with Gasteiger partial charge in [0.2, 0.25) is 0 Å². The standard InChI is InChI=1S/C17H19N3O/c1-3-9-21-17-10-13(7-8-15(17)19)20-16-6-4-5-12(2)14(16)11-18/h4-8,10,20H,3,9,19H2,1-2H3. The van der Waals surface area contributed by atoms with Gasteiger partial charge in [-0.25, -0.2) is 0 Å². The van der Waals surface area contributed by atoms with Gasteiger partial charge in [0, 0.05) is 11.8 Å². The van der Waals surface area contributed by atoms with Crippen molar-refractivity contribution in [1.29, 1.82) is 5.26 Å². The van der Waals surface area contributed by atoms with E-state index in [4.69, 9.17) is 10.5 Å². The van der Waals surface area contributed by atoms with Crippen LogP contribution in [0, 0.1) is 18.3 Å². The Morgan fingerprint density at radius 2 is 2.10 bits per heavy atom. The number of nitrogen functional groups attached to an aromatic ring is 1. The van der Waals surface area contributed by atoms with Crippen molar-refractivity contribution in [3.8, 4) is 11.8 Å². The van der Waals surface area contributed by atoms with Crippen molar-refractivity contribution in [3.05, 3.63) is 47.5 Å². The van der Waals surface area contributed by atoms with Gasteiger partial charge in [-0.3, -0.25) is 0 Å². The van der Waals surface area contributed by atoms with Gasteiger partial charge >= 0.3 is 0 Å². The maximum atomic E-state index is 9.26. The topological polar surface area (TPSA) is 71.1 Å². The van der Waals surface area contributed by atoms with Crippen molar-refractivity contribution in [2.45, 2.75) is 20.3 Å². The number of anilines is 3. The van der Waals surface area contributed by atoms with Crippen molar-refractivity contribution in [2.24, 2.45) is 0 Å². The molecule has 2 rings (SSSR count). The molecule has 0 aliphatic heterocycles. The number of hydrogen-bond acceptors (Lipinski definition) is 4. The van der Waals surface area contributed by atoms with E-state index in [1.807, 2.05) is 44.2 Å². The molecule has 0 aliphatic rings. The molecular weight excluding hydrogens is 262 g/mol. The van der Waals surface area contributed by atoms with Gasteiger partial charge in [-0.1, -0.05) is 19.1 Å². The second kappa shape index (κ2) is 6.67. The van der Waals surface area contributed by atoms with Gasteiger partial charge in [0.05, 0.1) is 23.5 Å². The lowest BCUT2D eigenvalue weighted by Crippen LogP contribution is -2.01. The van der Waals surface area contributed by atoms with Crippen molar-refractivity contribution in [3.63, 3.8) is 0 Å². The molecule has 0 heterocycles. The Hall–Kier alpha value is -2.67. The van der Waals surface area contributed by atoms with E-state index in [2.05, 4.69) is 11.4 Å². The molecule has 4 nitrogen and oxygen atoms in total. The van der Waals surface area contributed by atoms with Gasteiger partial charge in [0.15, 0.2) is 0 Å². The summed E-state index contributed by atoms with van der Waals surface area (Å²) in [5.41, 5.74) is 9.72. The van der Waals surface area contributed by atoms with Crippen molar-refractivity contribution < 1.29 is 4.74 Å². The van der Waals surface area contributed by atoms with Gasteiger partial charge < -0.3 is 15.8 Å². The molecule has 2 aromatic rings. The van der Waals surface area contributed by atoms with Gasteiger partial charge in [-0.15, -0.1) is 0 Å². The van der Waals surface area contributed by atoms with E-state index < -0.39 is 0 Å². The molecular formula is C17H19N3O. The van der Waals surface area contributed by atoms with Gasteiger partial charge in [0.1, 0.15) is 11.8 Å². The molecule has 0 atom stereocenters. The van der Waals surface area contributed by atoms with Crippen LogP contribution in [0.15, 0.2) is 36.4 Å². The second-order valence-corrected chi connectivity index (χ2v) is 4.84. The van der Waals surface area contributed by atoms with E-state index in [1.165, 1.54) is 0 Å². The molecule has 0 aliphatic carbocycles. The summed E-state index contributed by atoms with van der Waals surface area (Å²) >= 11 is 0. The highest BCUT2D eigenvalue weighted by Crippen LogP contribution is 2.29. The molecule has 0 saturated heterocycles. The van der Waals surface area contributed by atoms with E-state index in [1.54, 1.807) is 6.07 Å². The molecule has 0 aromatic heterocycles. The highest BCUT2D eigenvalue weighted by atomic mass is 16.5. The van der Waals surface area contributed by atoms with Crippen molar-refractivity contribution >= 4 is 17.1 Å². The van der Waals surface area contributed by atoms with Crippen LogP contribution in [0.5, 0.6) is 5.75 Å². The monoisotopic (exact) mass is 281 g/mol. The summed E-state index contributed by atoms with van der Waals surface area (Å²) < 4.78 is 5.61. The number of nitriles is 1. The van der Waals surface area contributed by atoms with Crippen LogP contribution in [0.1, 0.15) is 24.5 Å². The third-order valence-electron chi connectivity index (χ3n) is 3.14. The van der Waals surface area contributed by atoms with Crippen molar-refractivity contribution in [2.75, 3.05) is 17.7 Å². The van der Waals surface area contributed by atoms with E-state index in [9.17, 15) is 5.26 Å². The number of benzene rings is 2. The van der Waals surface area contributed by atoms with E-state index >= 15 is 0 Å². The third kappa shape index (κ3) is 3.46. The predicted octanol–water partition coefficient (Wildman–Crippen LogP) is 3.98. The zero-order valence-electron chi connectivity index (χ0n) is 12.3. The highest BCUT2D eigenvalue weighted by molar-refractivity contribution is 5.71. The Kier molecular flexibility index (Phi) is 4.68. The summed E-state index contributed by atoms with van der Waals surface area (Å²) in [5.74, 6) is 0.660. The van der Waals surface area contributed by atoms with E-state index in [-0.39, 0.29) is 0 Å². The number of nitrogens with two attached hydrogens (primary N) is 1. The first kappa shape index (κ1) is 14.7. The van der Waals surface area contributed by atoms with Crippen LogP contribution in [0.4, 0.5) is 17.1 Å². The Labute approximate surface area is 125 Å². The lowest BCUT2D eigenvalue weighted by atomic mass is 10.1. The normalized spacial score (nSPS) is 9.95. The average molecular weight is 281 g/mol. The third-order valence-corrected chi connectivity index (χ3v) is 3.14. The Bertz CT molecular complexity index is 674. The molecule has 0 saturated carbocycles. The zero-order valence-corrected chi connectivity index (χ0v) is 12.3. The smallest absolute Gasteiger partial charge is 0.144 e. The number of hydrogen-bond donors (Lipinski definition) is 2. The molecule has 0 amide bonds. The molecule has 108 valence electrons. The first-order chi connectivity index (χ1) is 10.2. The maximum Gasteiger partial charge on any atom is 0.144 e. The van der Waals surface area contributed by atoms with Crippen LogP contribution in [-0.2, 0) is 0 Å². The van der Waals surface area contributed by atoms with E-state index in [0.29, 0.717) is 23.6 Å². The number of ether oxygens (including phenoxy) is 1. The molecule has 0 fully saturated rings. The summed E-state index contributed by atoms with van der Waals surface area (Å²) in [6, 6.07) is 13.5. The molecule has 3 N–H and O–H groups in total. The summed E-state index contributed by atoms with van der Waals surface area (Å²) in [7, 11) is 0. The summed E-state index contributed by atoms with van der Waals surface area (Å²) in [6.07, 6.45) is 0.924. The minimum absolute atomic E-state index is 0.610. The molecule has 2 aromatic carbocycles. The Balaban J connectivity index is 2.28. The summed E-state index contributed by atoms with van der Waals surface area (Å²) in [6.45, 7) is 4.59. The fourth-order valence-electron chi connectivity index (χ4n) is 2.02. The number of aryl methyl sites for hydroxylation is 1. The van der Waals surface area contributed by atoms with Crippen LogP contribution < -0.4 is 15.8 Å². The molecule has 0 unspecified atom stereocenters. The fraction of sp³-hybridized carbons (Fsp3) is 0.235. The van der Waals surface area contributed by atoms with Crippen LogP contribution in [0.25, 0.3) is 0 Å². The maximum absolute atomic E-state index is 9.26.